The average molecular weight is 276 g/mol. The van der Waals surface area contributed by atoms with Crippen molar-refractivity contribution in [2.75, 3.05) is 38.1 Å². The smallest absolute Gasteiger partial charge is 0.133 e. The van der Waals surface area contributed by atoms with E-state index in [1.807, 2.05) is 7.05 Å². The molecule has 1 aliphatic rings. The van der Waals surface area contributed by atoms with E-state index in [1.54, 1.807) is 0 Å². The predicted octanol–water partition coefficient (Wildman–Crippen LogP) is 1.95. The highest BCUT2D eigenvalue weighted by Crippen LogP contribution is 2.25. The van der Waals surface area contributed by atoms with Gasteiger partial charge in [0.1, 0.15) is 5.82 Å². The molecule has 20 heavy (non-hydrogen) atoms. The molecule has 112 valence electrons. The van der Waals surface area contributed by atoms with Crippen molar-refractivity contribution in [1.82, 2.24) is 15.2 Å². The van der Waals surface area contributed by atoms with Gasteiger partial charge in [-0.05, 0) is 46.0 Å². The third-order valence-electron chi connectivity index (χ3n) is 4.28. The zero-order valence-corrected chi connectivity index (χ0v) is 13.5. The summed E-state index contributed by atoms with van der Waals surface area (Å²) in [4.78, 5) is 9.83. The average Bonchev–Trinajstić information content (AvgIpc) is 2.41. The number of anilines is 1. The number of hydrogen-bond acceptors (Lipinski definition) is 4. The zero-order valence-electron chi connectivity index (χ0n) is 13.5. The molecule has 1 saturated heterocycles. The highest BCUT2D eigenvalue weighted by Gasteiger charge is 2.25. The van der Waals surface area contributed by atoms with Gasteiger partial charge in [0.25, 0.3) is 0 Å². The fourth-order valence-electron chi connectivity index (χ4n) is 3.16. The van der Waals surface area contributed by atoms with Gasteiger partial charge in [-0.25, -0.2) is 4.98 Å². The fraction of sp³-hybridized carbons (Fsp3) is 0.688. The van der Waals surface area contributed by atoms with Crippen LogP contribution < -0.4 is 10.2 Å². The van der Waals surface area contributed by atoms with E-state index in [2.05, 4.69) is 48.9 Å². The standard InChI is InChI=1S/C16H28N4/c1-6-19-7-8-20(11-14(19)4)16-15(10-17-5)12(2)9-13(3)18-16/h9,14,17H,6-8,10-11H2,1-5H3. The summed E-state index contributed by atoms with van der Waals surface area (Å²) in [6.07, 6.45) is 0. The maximum Gasteiger partial charge on any atom is 0.133 e. The van der Waals surface area contributed by atoms with Gasteiger partial charge in [-0.2, -0.15) is 0 Å². The van der Waals surface area contributed by atoms with E-state index in [9.17, 15) is 0 Å². The minimum atomic E-state index is 0.596. The second-order valence-electron chi connectivity index (χ2n) is 5.84. The molecule has 0 amide bonds. The van der Waals surface area contributed by atoms with Crippen LogP contribution in [0.1, 0.15) is 30.7 Å². The molecule has 4 heteroatoms. The Bertz CT molecular complexity index is 458. The first-order chi connectivity index (χ1) is 9.56. The summed E-state index contributed by atoms with van der Waals surface area (Å²) in [5, 5.41) is 3.28. The van der Waals surface area contributed by atoms with Crippen molar-refractivity contribution in [1.29, 1.82) is 0 Å². The summed E-state index contributed by atoms with van der Waals surface area (Å²) in [6, 6.07) is 2.78. The van der Waals surface area contributed by atoms with Gasteiger partial charge in [0.2, 0.25) is 0 Å². The number of rotatable bonds is 4. The predicted molar refractivity (Wildman–Crippen MR) is 85.4 cm³/mol. The van der Waals surface area contributed by atoms with E-state index in [4.69, 9.17) is 4.98 Å². The van der Waals surface area contributed by atoms with E-state index >= 15 is 0 Å². The van der Waals surface area contributed by atoms with Crippen molar-refractivity contribution < 1.29 is 0 Å². The largest absolute Gasteiger partial charge is 0.353 e. The Morgan fingerprint density at radius 3 is 2.70 bits per heavy atom. The summed E-state index contributed by atoms with van der Waals surface area (Å²) >= 11 is 0. The van der Waals surface area contributed by atoms with E-state index in [0.29, 0.717) is 6.04 Å². The van der Waals surface area contributed by atoms with Crippen molar-refractivity contribution in [3.8, 4) is 0 Å². The van der Waals surface area contributed by atoms with Gasteiger partial charge in [-0.15, -0.1) is 0 Å². The molecule has 0 aliphatic carbocycles. The quantitative estimate of drug-likeness (QED) is 0.911. The van der Waals surface area contributed by atoms with E-state index in [-0.39, 0.29) is 0 Å². The first-order valence-electron chi connectivity index (χ1n) is 7.67. The summed E-state index contributed by atoms with van der Waals surface area (Å²) in [5.74, 6) is 1.18. The molecule has 1 aromatic rings. The summed E-state index contributed by atoms with van der Waals surface area (Å²) < 4.78 is 0. The van der Waals surface area contributed by atoms with Crippen LogP contribution in [-0.4, -0.2) is 49.2 Å². The number of hydrogen-bond donors (Lipinski definition) is 1. The number of aromatic nitrogens is 1. The van der Waals surface area contributed by atoms with Crippen LogP contribution in [0.5, 0.6) is 0 Å². The first-order valence-corrected chi connectivity index (χ1v) is 7.67. The molecule has 1 aliphatic heterocycles. The number of piperazine rings is 1. The van der Waals surface area contributed by atoms with Crippen LogP contribution in [0.3, 0.4) is 0 Å². The molecule has 1 N–H and O–H groups in total. The van der Waals surface area contributed by atoms with Crippen molar-refractivity contribution in [2.24, 2.45) is 0 Å². The minimum Gasteiger partial charge on any atom is -0.353 e. The summed E-state index contributed by atoms with van der Waals surface area (Å²) in [5.41, 5.74) is 3.80. The molecule has 4 nitrogen and oxygen atoms in total. The van der Waals surface area contributed by atoms with Crippen LogP contribution in [0, 0.1) is 13.8 Å². The third kappa shape index (κ3) is 3.13. The van der Waals surface area contributed by atoms with Gasteiger partial charge in [-0.3, -0.25) is 4.90 Å². The lowest BCUT2D eigenvalue weighted by molar-refractivity contribution is 0.199. The minimum absolute atomic E-state index is 0.596. The van der Waals surface area contributed by atoms with Gasteiger partial charge >= 0.3 is 0 Å². The lowest BCUT2D eigenvalue weighted by Gasteiger charge is -2.40. The summed E-state index contributed by atoms with van der Waals surface area (Å²) in [6.45, 7) is 14.1. The molecule has 2 rings (SSSR count). The Hall–Kier alpha value is -1.13. The number of nitrogens with zero attached hydrogens (tertiary/aromatic N) is 3. The van der Waals surface area contributed by atoms with E-state index < -0.39 is 0 Å². The van der Waals surface area contributed by atoms with Crippen LogP contribution in [0.25, 0.3) is 0 Å². The van der Waals surface area contributed by atoms with Crippen LogP contribution in [-0.2, 0) is 6.54 Å². The van der Waals surface area contributed by atoms with Gasteiger partial charge in [0.15, 0.2) is 0 Å². The molecule has 0 aromatic carbocycles. The van der Waals surface area contributed by atoms with Gasteiger partial charge in [0.05, 0.1) is 0 Å². The first kappa shape index (κ1) is 15.3. The molecule has 1 fully saturated rings. The molecular formula is C16H28N4. The van der Waals surface area contributed by atoms with Crippen molar-refractivity contribution in [3.63, 3.8) is 0 Å². The van der Waals surface area contributed by atoms with Crippen LogP contribution >= 0.6 is 0 Å². The molecule has 1 atom stereocenters. The Labute approximate surface area is 123 Å². The topological polar surface area (TPSA) is 31.4 Å². The van der Waals surface area contributed by atoms with Crippen LogP contribution in [0.4, 0.5) is 5.82 Å². The fourth-order valence-corrected chi connectivity index (χ4v) is 3.16. The van der Waals surface area contributed by atoms with E-state index in [1.165, 1.54) is 16.9 Å². The lowest BCUT2D eigenvalue weighted by atomic mass is 10.1. The van der Waals surface area contributed by atoms with Crippen LogP contribution in [0.15, 0.2) is 6.07 Å². The molecular weight excluding hydrogens is 248 g/mol. The Morgan fingerprint density at radius 2 is 2.10 bits per heavy atom. The van der Waals surface area contributed by atoms with Crippen molar-refractivity contribution in [3.05, 3.63) is 22.9 Å². The van der Waals surface area contributed by atoms with Gasteiger partial charge in [0, 0.05) is 43.5 Å². The monoisotopic (exact) mass is 276 g/mol. The number of aryl methyl sites for hydroxylation is 2. The van der Waals surface area contributed by atoms with Crippen molar-refractivity contribution >= 4 is 5.82 Å². The van der Waals surface area contributed by atoms with Gasteiger partial charge < -0.3 is 10.2 Å². The summed E-state index contributed by atoms with van der Waals surface area (Å²) in [7, 11) is 2.00. The SMILES string of the molecule is CCN1CCN(c2nc(C)cc(C)c2CNC)CC1C. The Balaban J connectivity index is 2.28. The normalized spacial score (nSPS) is 20.4. The molecule has 0 spiro atoms. The highest BCUT2D eigenvalue weighted by atomic mass is 15.3. The maximum atomic E-state index is 4.83. The molecule has 0 saturated carbocycles. The second kappa shape index (κ2) is 6.55. The Kier molecular flexibility index (Phi) is 5.00. The van der Waals surface area contributed by atoms with Crippen LogP contribution in [0.2, 0.25) is 0 Å². The maximum absolute atomic E-state index is 4.83. The zero-order chi connectivity index (χ0) is 14.7. The highest BCUT2D eigenvalue weighted by molar-refractivity contribution is 5.52. The van der Waals surface area contributed by atoms with E-state index in [0.717, 1.165) is 38.4 Å². The molecule has 0 radical (unpaired) electrons. The number of pyridine rings is 1. The second-order valence-corrected chi connectivity index (χ2v) is 5.84. The number of likely N-dealkylation sites (N-methyl/N-ethyl adjacent to an activating group) is 1. The van der Waals surface area contributed by atoms with Crippen molar-refractivity contribution in [2.45, 2.75) is 40.3 Å². The molecule has 1 unspecified atom stereocenters. The molecule has 1 aromatic heterocycles. The lowest BCUT2D eigenvalue weighted by Crippen LogP contribution is -2.52. The molecule has 0 bridgehead atoms. The Morgan fingerprint density at radius 1 is 1.35 bits per heavy atom. The van der Waals surface area contributed by atoms with Gasteiger partial charge in [-0.1, -0.05) is 6.92 Å². The number of nitrogens with one attached hydrogen (secondary N) is 1. The molecule has 2 heterocycles. The third-order valence-corrected chi connectivity index (χ3v) is 4.28.